The van der Waals surface area contributed by atoms with Gasteiger partial charge in [0.1, 0.15) is 11.7 Å². The molecule has 1 aliphatic carbocycles. The summed E-state index contributed by atoms with van der Waals surface area (Å²) in [4.78, 5) is 18.4. The SMILES string of the molecule is O=C1N(CCN2CCOCC2)C(c2cccs2)NC12CC2. The van der Waals surface area contributed by atoms with E-state index in [0.29, 0.717) is 5.91 Å². The van der Waals surface area contributed by atoms with Crippen LogP contribution in [0.25, 0.3) is 0 Å². The maximum Gasteiger partial charge on any atom is 0.244 e. The molecule has 4 rings (SSSR count). The lowest BCUT2D eigenvalue weighted by atomic mass is 10.3. The maximum absolute atomic E-state index is 12.7. The Labute approximate surface area is 128 Å². The zero-order chi connectivity index (χ0) is 14.3. The highest BCUT2D eigenvalue weighted by Crippen LogP contribution is 2.46. The number of amides is 1. The second-order valence-corrected chi connectivity index (χ2v) is 7.08. The summed E-state index contributed by atoms with van der Waals surface area (Å²) in [5, 5.41) is 5.66. The van der Waals surface area contributed by atoms with Crippen LogP contribution in [0.1, 0.15) is 23.9 Å². The van der Waals surface area contributed by atoms with Gasteiger partial charge in [0.05, 0.1) is 13.2 Å². The van der Waals surface area contributed by atoms with Crippen molar-refractivity contribution in [2.24, 2.45) is 0 Å². The Balaban J connectivity index is 1.46. The van der Waals surface area contributed by atoms with Gasteiger partial charge in [-0.05, 0) is 24.3 Å². The largest absolute Gasteiger partial charge is 0.379 e. The smallest absolute Gasteiger partial charge is 0.244 e. The van der Waals surface area contributed by atoms with Gasteiger partial charge in [0.2, 0.25) is 5.91 Å². The van der Waals surface area contributed by atoms with Crippen LogP contribution >= 0.6 is 11.3 Å². The predicted octanol–water partition coefficient (Wildman–Crippen LogP) is 1.04. The first-order chi connectivity index (χ1) is 10.3. The quantitative estimate of drug-likeness (QED) is 0.903. The van der Waals surface area contributed by atoms with E-state index in [1.165, 1.54) is 4.88 Å². The molecule has 5 nitrogen and oxygen atoms in total. The molecule has 3 aliphatic rings. The van der Waals surface area contributed by atoms with E-state index in [2.05, 4.69) is 27.7 Å². The minimum absolute atomic E-state index is 0.0704. The Hall–Kier alpha value is -0.950. The molecule has 3 fully saturated rings. The second-order valence-electron chi connectivity index (χ2n) is 6.10. The normalized spacial score (nSPS) is 28.5. The first-order valence-electron chi connectivity index (χ1n) is 7.71. The van der Waals surface area contributed by atoms with Crippen molar-refractivity contribution in [1.29, 1.82) is 0 Å². The number of nitrogens with zero attached hydrogens (tertiary/aromatic N) is 2. The van der Waals surface area contributed by atoms with Gasteiger partial charge < -0.3 is 9.64 Å². The molecule has 21 heavy (non-hydrogen) atoms. The van der Waals surface area contributed by atoms with E-state index in [1.54, 1.807) is 11.3 Å². The van der Waals surface area contributed by atoms with Crippen molar-refractivity contribution in [1.82, 2.24) is 15.1 Å². The fraction of sp³-hybridized carbons (Fsp3) is 0.667. The molecule has 1 N–H and O–H groups in total. The van der Waals surface area contributed by atoms with E-state index < -0.39 is 0 Å². The van der Waals surface area contributed by atoms with Gasteiger partial charge in [0.25, 0.3) is 0 Å². The van der Waals surface area contributed by atoms with Crippen LogP contribution in [0.4, 0.5) is 0 Å². The summed E-state index contributed by atoms with van der Waals surface area (Å²) in [7, 11) is 0. The number of carbonyl (C=O) groups is 1. The molecule has 1 unspecified atom stereocenters. The number of hydrogen-bond acceptors (Lipinski definition) is 5. The molecule has 1 aromatic rings. The van der Waals surface area contributed by atoms with E-state index in [1.807, 2.05) is 4.90 Å². The third-order valence-electron chi connectivity index (χ3n) is 4.72. The van der Waals surface area contributed by atoms with Crippen LogP contribution in [-0.4, -0.2) is 60.6 Å². The van der Waals surface area contributed by atoms with E-state index in [0.717, 1.165) is 52.2 Å². The molecule has 1 spiro atoms. The van der Waals surface area contributed by atoms with E-state index in [9.17, 15) is 4.79 Å². The molecule has 1 aromatic heterocycles. The molecule has 0 radical (unpaired) electrons. The summed E-state index contributed by atoms with van der Waals surface area (Å²) < 4.78 is 5.38. The van der Waals surface area contributed by atoms with Crippen LogP contribution in [0.5, 0.6) is 0 Å². The lowest BCUT2D eigenvalue weighted by Gasteiger charge is -2.30. The van der Waals surface area contributed by atoms with Crippen molar-refractivity contribution in [2.75, 3.05) is 39.4 Å². The molecule has 2 aliphatic heterocycles. The van der Waals surface area contributed by atoms with Gasteiger partial charge in [-0.1, -0.05) is 6.07 Å². The van der Waals surface area contributed by atoms with E-state index >= 15 is 0 Å². The molecule has 2 saturated heterocycles. The highest BCUT2D eigenvalue weighted by molar-refractivity contribution is 7.10. The van der Waals surface area contributed by atoms with Crippen LogP contribution in [0.2, 0.25) is 0 Å². The number of rotatable bonds is 4. The Morgan fingerprint density at radius 3 is 2.81 bits per heavy atom. The number of hydrogen-bond donors (Lipinski definition) is 1. The second kappa shape index (κ2) is 5.35. The first-order valence-corrected chi connectivity index (χ1v) is 8.59. The first kappa shape index (κ1) is 13.7. The highest BCUT2D eigenvalue weighted by atomic mass is 32.1. The average molecular weight is 307 g/mol. The van der Waals surface area contributed by atoms with Crippen molar-refractivity contribution in [2.45, 2.75) is 24.5 Å². The van der Waals surface area contributed by atoms with Crippen LogP contribution < -0.4 is 5.32 Å². The fourth-order valence-electron chi connectivity index (χ4n) is 3.25. The summed E-state index contributed by atoms with van der Waals surface area (Å²) in [6.45, 7) is 5.31. The van der Waals surface area contributed by atoms with Gasteiger partial charge in [-0.25, -0.2) is 0 Å². The third-order valence-corrected chi connectivity index (χ3v) is 5.64. The highest BCUT2D eigenvalue weighted by Gasteiger charge is 2.59. The number of thiophene rings is 1. The molecule has 1 saturated carbocycles. The molecular formula is C15H21N3O2S. The topological polar surface area (TPSA) is 44.8 Å². The van der Waals surface area contributed by atoms with Gasteiger partial charge in [-0.3, -0.25) is 15.0 Å². The molecule has 0 bridgehead atoms. The summed E-state index contributed by atoms with van der Waals surface area (Å²) in [5.74, 6) is 0.300. The molecular weight excluding hydrogens is 286 g/mol. The molecule has 1 amide bonds. The number of nitrogens with one attached hydrogen (secondary N) is 1. The summed E-state index contributed by atoms with van der Waals surface area (Å²) in [6.07, 6.45) is 2.05. The Bertz CT molecular complexity index is 509. The van der Waals surface area contributed by atoms with Crippen LogP contribution in [-0.2, 0) is 9.53 Å². The molecule has 0 aromatic carbocycles. The van der Waals surface area contributed by atoms with Crippen molar-refractivity contribution < 1.29 is 9.53 Å². The van der Waals surface area contributed by atoms with Crippen molar-refractivity contribution >= 4 is 17.2 Å². The minimum atomic E-state index is -0.236. The van der Waals surface area contributed by atoms with Crippen LogP contribution in [0.3, 0.4) is 0 Å². The third kappa shape index (κ3) is 2.50. The summed E-state index contributed by atoms with van der Waals surface area (Å²) >= 11 is 1.73. The predicted molar refractivity (Wildman–Crippen MR) is 81.1 cm³/mol. The minimum Gasteiger partial charge on any atom is -0.379 e. The summed E-state index contributed by atoms with van der Waals surface area (Å²) in [5.41, 5.74) is -0.236. The molecule has 1 atom stereocenters. The lowest BCUT2D eigenvalue weighted by Crippen LogP contribution is -2.43. The number of morpholine rings is 1. The van der Waals surface area contributed by atoms with Gasteiger partial charge >= 0.3 is 0 Å². The number of carbonyl (C=O) groups excluding carboxylic acids is 1. The zero-order valence-corrected chi connectivity index (χ0v) is 12.9. The van der Waals surface area contributed by atoms with Crippen LogP contribution in [0, 0.1) is 0 Å². The van der Waals surface area contributed by atoms with E-state index in [-0.39, 0.29) is 11.7 Å². The Morgan fingerprint density at radius 2 is 2.14 bits per heavy atom. The van der Waals surface area contributed by atoms with Gasteiger partial charge in [0, 0.05) is 31.1 Å². The standard InChI is InChI=1S/C15H21N3O2S/c19-14-15(3-4-15)16-13(12-2-1-11-21-12)18(14)6-5-17-7-9-20-10-8-17/h1-2,11,13,16H,3-10H2. The van der Waals surface area contributed by atoms with Crippen molar-refractivity contribution in [3.05, 3.63) is 22.4 Å². The monoisotopic (exact) mass is 307 g/mol. The van der Waals surface area contributed by atoms with E-state index in [4.69, 9.17) is 4.74 Å². The van der Waals surface area contributed by atoms with Gasteiger partial charge in [0.15, 0.2) is 0 Å². The van der Waals surface area contributed by atoms with Gasteiger partial charge in [-0.15, -0.1) is 11.3 Å². The van der Waals surface area contributed by atoms with Gasteiger partial charge in [-0.2, -0.15) is 0 Å². The fourth-order valence-corrected chi connectivity index (χ4v) is 4.04. The van der Waals surface area contributed by atoms with Crippen molar-refractivity contribution in [3.8, 4) is 0 Å². The number of ether oxygens (including phenoxy) is 1. The Morgan fingerprint density at radius 1 is 1.33 bits per heavy atom. The molecule has 6 heteroatoms. The molecule has 114 valence electrons. The zero-order valence-electron chi connectivity index (χ0n) is 12.1. The summed E-state index contributed by atoms with van der Waals surface area (Å²) in [6, 6.07) is 4.18. The Kier molecular flexibility index (Phi) is 3.49. The maximum atomic E-state index is 12.7. The van der Waals surface area contributed by atoms with Crippen LogP contribution in [0.15, 0.2) is 17.5 Å². The van der Waals surface area contributed by atoms with Crippen molar-refractivity contribution in [3.63, 3.8) is 0 Å². The average Bonchev–Trinajstić information content (AvgIpc) is 2.99. The lowest BCUT2D eigenvalue weighted by molar-refractivity contribution is -0.131. The molecule has 3 heterocycles.